The number of carbonyl (C=O) groups is 3. The van der Waals surface area contributed by atoms with Crippen molar-refractivity contribution in [2.75, 3.05) is 27.4 Å². The third-order valence-corrected chi connectivity index (χ3v) is 24.1. The number of ether oxygens (including phenoxy) is 10. The van der Waals surface area contributed by atoms with Crippen LogP contribution in [0.3, 0.4) is 0 Å². The first-order valence-electron chi connectivity index (χ1n) is 24.9. The number of hydrogen-bond donors (Lipinski definition) is 2. The Morgan fingerprint density at radius 1 is 0.806 bits per heavy atom. The van der Waals surface area contributed by atoms with Crippen molar-refractivity contribution in [3.63, 3.8) is 0 Å². The van der Waals surface area contributed by atoms with Gasteiger partial charge in [0.05, 0.1) is 53.1 Å². The lowest BCUT2D eigenvalue weighted by Crippen LogP contribution is -2.70. The van der Waals surface area contributed by atoms with E-state index < -0.39 is 109 Å². The fourth-order valence-electron chi connectivity index (χ4n) is 10.2. The number of alkyl carbamates (subject to hydrolysis) is 1. The van der Waals surface area contributed by atoms with Crippen molar-refractivity contribution >= 4 is 35.2 Å². The van der Waals surface area contributed by atoms with E-state index in [-0.39, 0.29) is 48.6 Å². The van der Waals surface area contributed by atoms with Crippen molar-refractivity contribution in [3.05, 3.63) is 96.1 Å². The molecule has 4 saturated heterocycles. The van der Waals surface area contributed by atoms with Gasteiger partial charge in [-0.3, -0.25) is 4.79 Å². The van der Waals surface area contributed by atoms with Crippen LogP contribution in [0.5, 0.6) is 11.5 Å². The highest BCUT2D eigenvalue weighted by atomic mass is 28.5. The van der Waals surface area contributed by atoms with Crippen LogP contribution in [0.4, 0.5) is 4.79 Å². The maximum absolute atomic E-state index is 14.8. The van der Waals surface area contributed by atoms with Crippen LogP contribution in [-0.4, -0.2) is 135 Å². The highest BCUT2D eigenvalue weighted by molar-refractivity contribution is 6.84. The molecule has 72 heavy (non-hydrogen) atoms. The second kappa shape index (κ2) is 23.8. The number of aliphatic hydroxyl groups is 1. The molecular formula is C52H73NO17Si2. The van der Waals surface area contributed by atoms with Crippen LogP contribution in [0.15, 0.2) is 84.9 Å². The van der Waals surface area contributed by atoms with Crippen molar-refractivity contribution in [2.24, 2.45) is 0 Å². The standard InChI is InChI=1S/C52H73NO17Si2/c1-31(2)71(32(3)4)62-30-42(69-72(70-71,33(5)6)34(7)8)45(63-35(9)54)46-43-40(66-51(57)53-43)26-52(67-46,50(56)59-11)68-47-44(55)41(29-60-27-36-18-14-12-15-19-36)65-49(64-39-24-22-38(58-10)23-25-39)48(47)61-28-37-20-16-13-17-21-37/h12-25,31-34,40-49,55H,26-30H2,1-11H3,(H,53,57)/t40-,41+,42+,43+,44-,45+,46+,47-,48+,49+,52+/m0/s1. The van der Waals surface area contributed by atoms with Gasteiger partial charge in [-0.1, -0.05) is 116 Å². The van der Waals surface area contributed by atoms with Crippen LogP contribution in [0, 0.1) is 0 Å². The quantitative estimate of drug-likeness (QED) is 0.0644. The zero-order valence-electron chi connectivity index (χ0n) is 43.2. The Hall–Kier alpha value is -4.46. The van der Waals surface area contributed by atoms with Crippen molar-refractivity contribution < 1.29 is 79.8 Å². The summed E-state index contributed by atoms with van der Waals surface area (Å²) in [5, 5.41) is 15.4. The molecule has 396 valence electrons. The van der Waals surface area contributed by atoms with Crippen molar-refractivity contribution in [3.8, 4) is 11.5 Å². The van der Waals surface area contributed by atoms with Gasteiger partial charge in [-0.05, 0) is 57.6 Å². The summed E-state index contributed by atoms with van der Waals surface area (Å²) in [6.07, 6.45) is -13.0. The topological polar surface area (TPSA) is 203 Å². The summed E-state index contributed by atoms with van der Waals surface area (Å²) in [5.41, 5.74) is 1.46. The number of amides is 1. The number of hydrogen-bond acceptors (Lipinski definition) is 17. The van der Waals surface area contributed by atoms with E-state index in [9.17, 15) is 19.5 Å². The molecule has 0 aliphatic carbocycles. The summed E-state index contributed by atoms with van der Waals surface area (Å²) in [5.74, 6) is -3.27. The third-order valence-electron chi connectivity index (χ3n) is 13.9. The molecule has 3 aromatic rings. The zero-order valence-corrected chi connectivity index (χ0v) is 45.2. The Morgan fingerprint density at radius 2 is 1.40 bits per heavy atom. The summed E-state index contributed by atoms with van der Waals surface area (Å²) >= 11 is 0. The molecule has 1 amide bonds. The van der Waals surface area contributed by atoms with E-state index in [4.69, 9.17) is 60.3 Å². The van der Waals surface area contributed by atoms with Crippen LogP contribution >= 0.6 is 0 Å². The van der Waals surface area contributed by atoms with E-state index >= 15 is 0 Å². The second-order valence-corrected chi connectivity index (χ2v) is 28.9. The molecule has 0 spiro atoms. The molecule has 4 aliphatic rings. The zero-order chi connectivity index (χ0) is 52.0. The van der Waals surface area contributed by atoms with Gasteiger partial charge in [-0.15, -0.1) is 0 Å². The summed E-state index contributed by atoms with van der Waals surface area (Å²) in [4.78, 5) is 41.6. The lowest BCUT2D eigenvalue weighted by Gasteiger charge is -2.50. The van der Waals surface area contributed by atoms with Crippen LogP contribution in [0.1, 0.15) is 79.9 Å². The fourth-order valence-corrected chi connectivity index (χ4v) is 21.4. The van der Waals surface area contributed by atoms with E-state index in [1.54, 1.807) is 31.4 Å². The Morgan fingerprint density at radius 3 is 1.97 bits per heavy atom. The minimum Gasteiger partial charge on any atom is -0.497 e. The van der Waals surface area contributed by atoms with E-state index in [0.29, 0.717) is 11.5 Å². The number of esters is 2. The van der Waals surface area contributed by atoms with Gasteiger partial charge in [0, 0.05) is 6.92 Å². The third kappa shape index (κ3) is 12.0. The molecule has 2 N–H and O–H groups in total. The van der Waals surface area contributed by atoms with Gasteiger partial charge < -0.3 is 70.8 Å². The maximum Gasteiger partial charge on any atom is 0.407 e. The van der Waals surface area contributed by atoms with E-state index in [1.807, 2.05) is 60.7 Å². The van der Waals surface area contributed by atoms with Crippen molar-refractivity contribution in [1.82, 2.24) is 5.32 Å². The molecular weight excluding hydrogens is 967 g/mol. The number of methoxy groups -OCH3 is 2. The second-order valence-electron chi connectivity index (χ2n) is 20.0. The number of nitrogens with one attached hydrogen (secondary N) is 1. The summed E-state index contributed by atoms with van der Waals surface area (Å²) in [6, 6.07) is 24.6. The highest BCUT2D eigenvalue weighted by Gasteiger charge is 2.66. The van der Waals surface area contributed by atoms with Gasteiger partial charge in [-0.2, -0.15) is 0 Å². The first kappa shape index (κ1) is 55.3. The minimum absolute atomic E-state index is 0.00246. The lowest BCUT2D eigenvalue weighted by atomic mass is 9.88. The fraction of sp³-hybridized carbons (Fsp3) is 0.596. The number of carbonyl (C=O) groups excluding carboxylic acids is 3. The smallest absolute Gasteiger partial charge is 0.407 e. The van der Waals surface area contributed by atoms with Gasteiger partial charge in [0.2, 0.25) is 6.29 Å². The number of benzene rings is 3. The predicted molar refractivity (Wildman–Crippen MR) is 265 cm³/mol. The van der Waals surface area contributed by atoms with Crippen LogP contribution in [0.2, 0.25) is 22.2 Å². The van der Waals surface area contributed by atoms with Gasteiger partial charge in [0.1, 0.15) is 54.2 Å². The van der Waals surface area contributed by atoms with Gasteiger partial charge >= 0.3 is 35.2 Å². The molecule has 11 atom stereocenters. The number of aliphatic hydroxyl groups excluding tert-OH is 1. The molecule has 18 nitrogen and oxygen atoms in total. The Balaban J connectivity index is 1.32. The van der Waals surface area contributed by atoms with Crippen LogP contribution in [0.25, 0.3) is 0 Å². The van der Waals surface area contributed by atoms with E-state index in [0.717, 1.165) is 18.2 Å². The minimum atomic E-state index is -3.33. The molecule has 3 aromatic carbocycles. The van der Waals surface area contributed by atoms with Crippen LogP contribution in [-0.2, 0) is 73.7 Å². The van der Waals surface area contributed by atoms with Gasteiger partial charge in [-0.25, -0.2) is 9.59 Å². The lowest BCUT2D eigenvalue weighted by molar-refractivity contribution is -0.366. The summed E-state index contributed by atoms with van der Waals surface area (Å²) in [7, 11) is -3.70. The highest BCUT2D eigenvalue weighted by Crippen LogP contribution is 2.48. The van der Waals surface area contributed by atoms with Crippen LogP contribution < -0.4 is 14.8 Å². The van der Waals surface area contributed by atoms with Crippen molar-refractivity contribution in [1.29, 1.82) is 0 Å². The normalized spacial score (nSPS) is 29.4. The molecule has 7 rings (SSSR count). The first-order valence-corrected chi connectivity index (χ1v) is 28.8. The molecule has 0 radical (unpaired) electrons. The largest absolute Gasteiger partial charge is 0.497 e. The van der Waals surface area contributed by atoms with E-state index in [1.165, 1.54) is 6.92 Å². The summed E-state index contributed by atoms with van der Waals surface area (Å²) in [6.45, 7) is 17.8. The first-order chi connectivity index (χ1) is 34.3. The summed E-state index contributed by atoms with van der Waals surface area (Å²) < 4.78 is 84.6. The maximum atomic E-state index is 14.8. The number of fused-ring (bicyclic) bond motifs is 1. The molecule has 0 unspecified atom stereocenters. The van der Waals surface area contributed by atoms with Gasteiger partial charge in [0.25, 0.3) is 5.79 Å². The number of rotatable bonds is 20. The van der Waals surface area contributed by atoms with E-state index in [2.05, 4.69) is 60.7 Å². The molecule has 4 heterocycles. The average Bonchev–Trinajstić information content (AvgIpc) is 3.62. The molecule has 4 fully saturated rings. The van der Waals surface area contributed by atoms with Crippen molar-refractivity contribution in [2.45, 2.75) is 171 Å². The molecule has 20 heteroatoms. The molecule has 0 bridgehead atoms. The monoisotopic (exact) mass is 1040 g/mol. The Labute approximate surface area is 424 Å². The Kier molecular flexibility index (Phi) is 18.3. The SMILES string of the molecule is COC(=O)[C@]1(O[C@H]2[C@@H](O)[C@@H](COCc3ccccc3)O[C@@H](Oc3ccc(OC)cc3)[C@@H]2OCc2ccccc2)C[C@@H]2OC(=O)N[C@H]2[C@H]([C@H](OC(C)=O)[C@H]2CO[Si](C(C)C)(C(C)C)O[Si](C(C)C)(C(C)C)O2)O1. The van der Waals surface area contributed by atoms with Gasteiger partial charge in [0.15, 0.2) is 6.10 Å². The molecule has 0 aromatic heterocycles. The Bertz CT molecular complexity index is 2220. The average molecular weight is 1040 g/mol. The predicted octanol–water partition coefficient (Wildman–Crippen LogP) is 7.37. The molecule has 0 saturated carbocycles. The molecule has 4 aliphatic heterocycles.